The van der Waals surface area contributed by atoms with E-state index in [0.29, 0.717) is 17.4 Å². The zero-order valence-electron chi connectivity index (χ0n) is 19.7. The van der Waals surface area contributed by atoms with Gasteiger partial charge < -0.3 is 14.6 Å². The lowest BCUT2D eigenvalue weighted by atomic mass is 9.73. The molecule has 176 valence electrons. The molecule has 0 heterocycles. The third kappa shape index (κ3) is 4.47. The Hall–Kier alpha value is -3.11. The molecule has 3 aromatic carbocycles. The molecule has 2 aliphatic rings. The first-order valence-electron chi connectivity index (χ1n) is 12.3. The Morgan fingerprint density at radius 1 is 0.941 bits per heavy atom. The van der Waals surface area contributed by atoms with E-state index in [4.69, 9.17) is 9.47 Å². The van der Waals surface area contributed by atoms with Gasteiger partial charge in [0.25, 0.3) is 0 Å². The molecule has 1 saturated carbocycles. The Morgan fingerprint density at radius 3 is 2.44 bits per heavy atom. The summed E-state index contributed by atoms with van der Waals surface area (Å²) in [6.45, 7) is 0.167. The first kappa shape index (κ1) is 22.7. The molecule has 3 aromatic rings. The van der Waals surface area contributed by atoms with Crippen molar-refractivity contribution in [2.75, 3.05) is 13.7 Å². The fourth-order valence-corrected chi connectivity index (χ4v) is 6.06. The average Bonchev–Trinajstić information content (AvgIpc) is 3.21. The van der Waals surface area contributed by atoms with Gasteiger partial charge in [-0.2, -0.15) is 0 Å². The number of esters is 1. The summed E-state index contributed by atoms with van der Waals surface area (Å²) in [5.74, 6) is 1.90. The van der Waals surface area contributed by atoms with Crippen LogP contribution in [0.5, 0.6) is 5.75 Å². The highest BCUT2D eigenvalue weighted by Crippen LogP contribution is 2.49. The highest BCUT2D eigenvalue weighted by molar-refractivity contribution is 5.90. The minimum absolute atomic E-state index is 0.122. The third-order valence-electron chi connectivity index (χ3n) is 7.72. The van der Waals surface area contributed by atoms with Crippen molar-refractivity contribution >= 4 is 5.97 Å². The van der Waals surface area contributed by atoms with Crippen molar-refractivity contribution in [3.05, 3.63) is 89.5 Å². The van der Waals surface area contributed by atoms with Gasteiger partial charge >= 0.3 is 5.97 Å². The predicted molar refractivity (Wildman–Crippen MR) is 133 cm³/mol. The topological polar surface area (TPSA) is 55.8 Å². The van der Waals surface area contributed by atoms with E-state index < -0.39 is 0 Å². The number of aliphatic hydroxyl groups is 1. The van der Waals surface area contributed by atoms with Gasteiger partial charge in [-0.3, -0.25) is 0 Å². The Bertz CT molecular complexity index is 1120. The molecule has 0 spiro atoms. The van der Waals surface area contributed by atoms with Crippen LogP contribution in [-0.4, -0.2) is 30.9 Å². The van der Waals surface area contributed by atoms with Crippen molar-refractivity contribution in [3.8, 4) is 16.9 Å². The quantitative estimate of drug-likeness (QED) is 0.463. The van der Waals surface area contributed by atoms with Crippen LogP contribution in [0.4, 0.5) is 0 Å². The zero-order chi connectivity index (χ0) is 23.5. The Morgan fingerprint density at radius 2 is 1.71 bits per heavy atom. The molecule has 5 rings (SSSR count). The third-order valence-corrected chi connectivity index (χ3v) is 7.72. The van der Waals surface area contributed by atoms with Gasteiger partial charge in [0, 0.05) is 6.61 Å². The lowest BCUT2D eigenvalue weighted by Crippen LogP contribution is -2.29. The number of rotatable bonds is 7. The van der Waals surface area contributed by atoms with E-state index in [0.717, 1.165) is 49.0 Å². The number of methoxy groups -OCH3 is 1. The van der Waals surface area contributed by atoms with Crippen molar-refractivity contribution in [3.63, 3.8) is 0 Å². The van der Waals surface area contributed by atoms with Crippen LogP contribution < -0.4 is 4.74 Å². The predicted octanol–water partition coefficient (Wildman–Crippen LogP) is 5.71. The molecule has 0 bridgehead atoms. The summed E-state index contributed by atoms with van der Waals surface area (Å²) in [5, 5.41) is 9.49. The molecule has 4 nitrogen and oxygen atoms in total. The molecule has 0 radical (unpaired) electrons. The molecule has 0 aliphatic heterocycles. The number of hydrogen-bond acceptors (Lipinski definition) is 4. The van der Waals surface area contributed by atoms with Gasteiger partial charge in [-0.15, -0.1) is 0 Å². The first-order chi connectivity index (χ1) is 16.7. The summed E-state index contributed by atoms with van der Waals surface area (Å²) in [7, 11) is 1.73. The second kappa shape index (κ2) is 10.0. The van der Waals surface area contributed by atoms with E-state index in [1.54, 1.807) is 7.11 Å². The molecular formula is C30H32O4. The van der Waals surface area contributed by atoms with E-state index in [2.05, 4.69) is 24.3 Å². The number of fused-ring (bicyclic) bond motifs is 2. The minimum atomic E-state index is -0.257. The van der Waals surface area contributed by atoms with Gasteiger partial charge in [0.1, 0.15) is 11.9 Å². The van der Waals surface area contributed by atoms with Crippen molar-refractivity contribution in [1.82, 2.24) is 0 Å². The molecule has 0 saturated heterocycles. The van der Waals surface area contributed by atoms with E-state index in [1.165, 1.54) is 11.1 Å². The fraction of sp³-hybridized carbons (Fsp3) is 0.367. The molecule has 34 heavy (non-hydrogen) atoms. The summed E-state index contributed by atoms with van der Waals surface area (Å²) in [4.78, 5) is 13.1. The summed E-state index contributed by atoms with van der Waals surface area (Å²) in [6.07, 6.45) is 4.29. The molecular weight excluding hydrogens is 424 g/mol. The molecule has 0 aromatic heterocycles. The lowest BCUT2D eigenvalue weighted by molar-refractivity contribution is 0.0154. The molecule has 1 N–H and O–H groups in total. The number of carbonyl (C=O) groups excluding carboxylic acids is 1. The summed E-state index contributed by atoms with van der Waals surface area (Å²) < 4.78 is 11.8. The van der Waals surface area contributed by atoms with Crippen LogP contribution in [0.25, 0.3) is 11.1 Å². The SMILES string of the molecule is COc1cccc2c1CC1C[C@@H](OC(=O)c3ccc(-c4ccccc4)cc3)[C@H](CCCO)[C@H]1C2. The number of benzene rings is 3. The number of ether oxygens (including phenoxy) is 2. The van der Waals surface area contributed by atoms with Gasteiger partial charge in [-0.05, 0) is 90.3 Å². The fourth-order valence-electron chi connectivity index (χ4n) is 6.06. The van der Waals surface area contributed by atoms with Crippen molar-refractivity contribution in [1.29, 1.82) is 0 Å². The second-order valence-corrected chi connectivity index (χ2v) is 9.58. The van der Waals surface area contributed by atoms with Crippen molar-refractivity contribution in [2.45, 2.75) is 38.2 Å². The summed E-state index contributed by atoms with van der Waals surface area (Å²) >= 11 is 0. The van der Waals surface area contributed by atoms with E-state index in [9.17, 15) is 9.90 Å². The van der Waals surface area contributed by atoms with Crippen LogP contribution in [0, 0.1) is 17.8 Å². The Balaban J connectivity index is 1.32. The maximum absolute atomic E-state index is 13.1. The van der Waals surface area contributed by atoms with Gasteiger partial charge in [-0.1, -0.05) is 54.6 Å². The van der Waals surface area contributed by atoms with E-state index in [-0.39, 0.29) is 24.6 Å². The minimum Gasteiger partial charge on any atom is -0.496 e. The standard InChI is InChI=1S/C30H32O4/c1-33-28-11-5-9-23-17-26-24(18-27(23)28)19-29(25(26)10-6-16-31)34-30(32)22-14-12-21(13-15-22)20-7-3-2-4-8-20/h2-5,7-9,11-15,24-26,29,31H,6,10,16-19H2,1H3/t24?,25-,26+,29-/m1/s1. The van der Waals surface area contributed by atoms with Gasteiger partial charge in [0.15, 0.2) is 0 Å². The van der Waals surface area contributed by atoms with Crippen LogP contribution in [0.3, 0.4) is 0 Å². The average molecular weight is 457 g/mol. The van der Waals surface area contributed by atoms with Gasteiger partial charge in [0.05, 0.1) is 12.7 Å². The molecule has 4 heteroatoms. The van der Waals surface area contributed by atoms with Crippen LogP contribution in [-0.2, 0) is 17.6 Å². The highest BCUT2D eigenvalue weighted by atomic mass is 16.5. The highest BCUT2D eigenvalue weighted by Gasteiger charge is 2.47. The van der Waals surface area contributed by atoms with Gasteiger partial charge in [-0.25, -0.2) is 4.79 Å². The van der Waals surface area contributed by atoms with Gasteiger partial charge in [0.2, 0.25) is 0 Å². The second-order valence-electron chi connectivity index (χ2n) is 9.58. The zero-order valence-corrected chi connectivity index (χ0v) is 19.7. The lowest BCUT2D eigenvalue weighted by Gasteiger charge is -2.32. The molecule has 1 fully saturated rings. The maximum Gasteiger partial charge on any atom is 0.338 e. The molecule has 4 atom stereocenters. The maximum atomic E-state index is 13.1. The van der Waals surface area contributed by atoms with E-state index >= 15 is 0 Å². The van der Waals surface area contributed by atoms with Crippen LogP contribution in [0.1, 0.15) is 40.7 Å². The van der Waals surface area contributed by atoms with Crippen LogP contribution >= 0.6 is 0 Å². The largest absolute Gasteiger partial charge is 0.496 e. The van der Waals surface area contributed by atoms with Crippen molar-refractivity contribution in [2.24, 2.45) is 17.8 Å². The van der Waals surface area contributed by atoms with Crippen LogP contribution in [0.15, 0.2) is 72.8 Å². The number of aliphatic hydroxyl groups excluding tert-OH is 1. The van der Waals surface area contributed by atoms with Crippen molar-refractivity contribution < 1.29 is 19.4 Å². The number of carbonyl (C=O) groups is 1. The van der Waals surface area contributed by atoms with E-state index in [1.807, 2.05) is 48.5 Å². The summed E-state index contributed by atoms with van der Waals surface area (Å²) in [5.41, 5.74) is 5.44. The normalized spacial score (nSPS) is 23.1. The molecule has 0 amide bonds. The Labute approximate surface area is 201 Å². The molecule has 1 unspecified atom stereocenters. The Kier molecular flexibility index (Phi) is 6.68. The first-order valence-corrected chi connectivity index (χ1v) is 12.3. The summed E-state index contributed by atoms with van der Waals surface area (Å²) in [6, 6.07) is 24.1. The monoisotopic (exact) mass is 456 g/mol. The smallest absolute Gasteiger partial charge is 0.338 e. The van der Waals surface area contributed by atoms with Crippen LogP contribution in [0.2, 0.25) is 0 Å². The number of hydrogen-bond donors (Lipinski definition) is 1. The molecule has 2 aliphatic carbocycles.